The maximum absolute atomic E-state index is 13.4. The number of esters is 1. The second kappa shape index (κ2) is 13.7. The minimum absolute atomic E-state index is 0.0202. The number of alkyl carbamates (subject to hydrolysis) is 1. The van der Waals surface area contributed by atoms with E-state index < -0.39 is 35.5 Å². The predicted octanol–water partition coefficient (Wildman–Crippen LogP) is 6.59. The standard InChI is InChI=1S/C36H37NO11/c1-35(2,3)47-33(40)37-27(17-21-7-10-23(11-8-21)46-34(41)48-36(4,5)6)32(39)45-24-12-13-25-29(19-24)44-20-26(31(25)38)22-9-14-28-30(18-22)43-16-15-42-28/h7-14,18-20,27H,15-17H2,1-6H3,(H,37,40)/t27-/m0/s1. The van der Waals surface area contributed by atoms with Crippen LogP contribution in [0.25, 0.3) is 22.1 Å². The second-order valence-electron chi connectivity index (χ2n) is 13.0. The molecule has 3 aromatic carbocycles. The third-order valence-corrected chi connectivity index (χ3v) is 6.75. The van der Waals surface area contributed by atoms with Gasteiger partial charge >= 0.3 is 18.2 Å². The van der Waals surface area contributed by atoms with Crippen LogP contribution in [0.2, 0.25) is 0 Å². The molecule has 4 aromatic rings. The maximum Gasteiger partial charge on any atom is 0.514 e. The Balaban J connectivity index is 1.33. The quantitative estimate of drug-likeness (QED) is 0.130. The van der Waals surface area contributed by atoms with E-state index in [9.17, 15) is 19.2 Å². The lowest BCUT2D eigenvalue weighted by molar-refractivity contribution is -0.136. The summed E-state index contributed by atoms with van der Waals surface area (Å²) in [6, 6.07) is 14.8. The van der Waals surface area contributed by atoms with Gasteiger partial charge in [-0.3, -0.25) is 4.79 Å². The molecule has 0 spiro atoms. The molecule has 1 aliphatic rings. The van der Waals surface area contributed by atoms with Gasteiger partial charge in [-0.2, -0.15) is 0 Å². The Kier molecular flexibility index (Phi) is 9.64. The third-order valence-electron chi connectivity index (χ3n) is 6.75. The van der Waals surface area contributed by atoms with Crippen molar-refractivity contribution in [2.45, 2.75) is 65.2 Å². The Morgan fingerprint density at radius 2 is 1.46 bits per heavy atom. The summed E-state index contributed by atoms with van der Waals surface area (Å²) in [5.41, 5.74) is -0.0584. The number of hydrogen-bond acceptors (Lipinski definition) is 11. The van der Waals surface area contributed by atoms with Crippen LogP contribution in [0.4, 0.5) is 9.59 Å². The van der Waals surface area contributed by atoms with Crippen LogP contribution in [-0.4, -0.2) is 48.7 Å². The van der Waals surface area contributed by atoms with Crippen LogP contribution in [0.15, 0.2) is 76.1 Å². The van der Waals surface area contributed by atoms with Crippen LogP contribution in [0.1, 0.15) is 47.1 Å². The number of ether oxygens (including phenoxy) is 6. The molecule has 0 saturated carbocycles. The molecule has 5 rings (SSSR count). The fourth-order valence-electron chi connectivity index (χ4n) is 4.71. The SMILES string of the molecule is CC(C)(C)OC(=O)N[C@@H](Cc1ccc(OC(=O)OC(C)(C)C)cc1)C(=O)Oc1ccc2c(=O)c(-c3ccc4c(c3)OCCO4)coc2c1. The molecule has 12 nitrogen and oxygen atoms in total. The van der Waals surface area contributed by atoms with E-state index >= 15 is 0 Å². The summed E-state index contributed by atoms with van der Waals surface area (Å²) in [4.78, 5) is 51.5. The molecule has 0 radical (unpaired) electrons. The smallest absolute Gasteiger partial charge is 0.486 e. The van der Waals surface area contributed by atoms with E-state index in [4.69, 9.17) is 32.8 Å². The lowest BCUT2D eigenvalue weighted by Gasteiger charge is -2.23. The molecule has 0 bridgehead atoms. The molecule has 1 atom stereocenters. The Morgan fingerprint density at radius 3 is 2.15 bits per heavy atom. The van der Waals surface area contributed by atoms with Gasteiger partial charge in [0.2, 0.25) is 0 Å². The molecule has 1 N–H and O–H groups in total. The van der Waals surface area contributed by atoms with Crippen molar-refractivity contribution >= 4 is 29.2 Å². The Bertz CT molecular complexity index is 1880. The van der Waals surface area contributed by atoms with Gasteiger partial charge in [0, 0.05) is 12.5 Å². The predicted molar refractivity (Wildman–Crippen MR) is 175 cm³/mol. The summed E-state index contributed by atoms with van der Waals surface area (Å²) < 4.78 is 38.4. The highest BCUT2D eigenvalue weighted by molar-refractivity contribution is 5.86. The molecule has 0 saturated heterocycles. The van der Waals surface area contributed by atoms with Gasteiger partial charge in [-0.15, -0.1) is 0 Å². The van der Waals surface area contributed by atoms with Gasteiger partial charge in [0.25, 0.3) is 0 Å². The minimum atomic E-state index is -1.17. The average molecular weight is 660 g/mol. The van der Waals surface area contributed by atoms with E-state index in [-0.39, 0.29) is 34.3 Å². The Hall–Kier alpha value is -5.52. The summed E-state index contributed by atoms with van der Waals surface area (Å²) in [6.07, 6.45) is -0.309. The zero-order chi connectivity index (χ0) is 34.6. The third kappa shape index (κ3) is 8.84. The number of nitrogens with one attached hydrogen (secondary N) is 1. The van der Waals surface area contributed by atoms with E-state index in [1.165, 1.54) is 24.5 Å². The molecular formula is C36H37NO11. The number of carbonyl (C=O) groups excluding carboxylic acids is 3. The van der Waals surface area contributed by atoms with Crippen LogP contribution >= 0.6 is 0 Å². The van der Waals surface area contributed by atoms with Crippen molar-refractivity contribution in [3.8, 4) is 34.1 Å². The van der Waals surface area contributed by atoms with Crippen molar-refractivity contribution in [1.82, 2.24) is 5.32 Å². The van der Waals surface area contributed by atoms with Crippen LogP contribution in [-0.2, 0) is 20.7 Å². The molecule has 1 amide bonds. The summed E-state index contributed by atoms with van der Waals surface area (Å²) in [5, 5.41) is 2.85. The fourth-order valence-corrected chi connectivity index (χ4v) is 4.71. The van der Waals surface area contributed by atoms with Gasteiger partial charge in [-0.25, -0.2) is 14.4 Å². The van der Waals surface area contributed by atoms with Crippen LogP contribution in [0.5, 0.6) is 23.0 Å². The topological polar surface area (TPSA) is 149 Å². The normalized spacial score (nSPS) is 13.3. The Morgan fingerprint density at radius 1 is 0.792 bits per heavy atom. The molecule has 1 aromatic heterocycles. The van der Waals surface area contributed by atoms with Crippen LogP contribution in [0.3, 0.4) is 0 Å². The largest absolute Gasteiger partial charge is 0.514 e. The number of amides is 1. The van der Waals surface area contributed by atoms with Crippen LogP contribution in [0, 0.1) is 0 Å². The van der Waals surface area contributed by atoms with Crippen molar-refractivity contribution in [3.05, 3.63) is 82.7 Å². The zero-order valence-corrected chi connectivity index (χ0v) is 27.5. The van der Waals surface area contributed by atoms with Crippen molar-refractivity contribution in [3.63, 3.8) is 0 Å². The molecule has 0 fully saturated rings. The fraction of sp³-hybridized carbons (Fsp3) is 0.333. The summed E-state index contributed by atoms with van der Waals surface area (Å²) in [7, 11) is 0. The highest BCUT2D eigenvalue weighted by atomic mass is 16.7. The van der Waals surface area contributed by atoms with Crippen LogP contribution < -0.4 is 29.7 Å². The van der Waals surface area contributed by atoms with Crippen molar-refractivity contribution in [2.75, 3.05) is 13.2 Å². The van der Waals surface area contributed by atoms with E-state index in [2.05, 4.69) is 5.32 Å². The summed E-state index contributed by atoms with van der Waals surface area (Å²) in [5.74, 6) is 0.692. The first kappa shape index (κ1) is 33.8. The molecule has 252 valence electrons. The van der Waals surface area contributed by atoms with E-state index in [0.717, 1.165) is 0 Å². The van der Waals surface area contributed by atoms with Gasteiger partial charge in [0.15, 0.2) is 16.9 Å². The highest BCUT2D eigenvalue weighted by Crippen LogP contribution is 2.34. The summed E-state index contributed by atoms with van der Waals surface area (Å²) >= 11 is 0. The lowest BCUT2D eigenvalue weighted by atomic mass is 10.0. The molecule has 48 heavy (non-hydrogen) atoms. The first-order valence-electron chi connectivity index (χ1n) is 15.3. The minimum Gasteiger partial charge on any atom is -0.486 e. The highest BCUT2D eigenvalue weighted by Gasteiger charge is 2.27. The van der Waals surface area contributed by atoms with Crippen molar-refractivity contribution < 1.29 is 47.2 Å². The molecular weight excluding hydrogens is 622 g/mol. The zero-order valence-electron chi connectivity index (χ0n) is 27.5. The number of hydrogen-bond donors (Lipinski definition) is 1. The number of fused-ring (bicyclic) bond motifs is 2. The maximum atomic E-state index is 13.4. The van der Waals surface area contributed by atoms with E-state index in [1.807, 2.05) is 0 Å². The first-order chi connectivity index (χ1) is 22.6. The molecule has 0 unspecified atom stereocenters. The molecule has 12 heteroatoms. The van der Waals surface area contributed by atoms with Crippen molar-refractivity contribution in [1.29, 1.82) is 0 Å². The number of carbonyl (C=O) groups is 3. The van der Waals surface area contributed by atoms with Gasteiger partial charge in [-0.1, -0.05) is 18.2 Å². The first-order valence-corrected chi connectivity index (χ1v) is 15.3. The van der Waals surface area contributed by atoms with Gasteiger partial charge in [-0.05, 0) is 89.1 Å². The Labute approximate surface area is 276 Å². The second-order valence-corrected chi connectivity index (χ2v) is 13.0. The molecule has 2 heterocycles. The summed E-state index contributed by atoms with van der Waals surface area (Å²) in [6.45, 7) is 11.1. The van der Waals surface area contributed by atoms with Gasteiger partial charge < -0.3 is 38.2 Å². The monoisotopic (exact) mass is 659 g/mol. The van der Waals surface area contributed by atoms with Crippen molar-refractivity contribution in [2.24, 2.45) is 0 Å². The van der Waals surface area contributed by atoms with E-state index in [0.29, 0.717) is 41.4 Å². The lowest BCUT2D eigenvalue weighted by Crippen LogP contribution is -2.46. The van der Waals surface area contributed by atoms with E-state index in [1.54, 1.807) is 84.0 Å². The van der Waals surface area contributed by atoms with Gasteiger partial charge in [0.05, 0.1) is 10.9 Å². The average Bonchev–Trinajstić information content (AvgIpc) is 3.00. The van der Waals surface area contributed by atoms with Gasteiger partial charge in [0.1, 0.15) is 53.8 Å². The molecule has 1 aliphatic heterocycles. The number of rotatable bonds is 7. The number of benzene rings is 3. The molecule has 0 aliphatic carbocycles.